The van der Waals surface area contributed by atoms with Crippen molar-refractivity contribution in [2.75, 3.05) is 19.5 Å². The van der Waals surface area contributed by atoms with Crippen LogP contribution >= 0.6 is 15.9 Å². The van der Waals surface area contributed by atoms with Gasteiger partial charge in [-0.3, -0.25) is 0 Å². The van der Waals surface area contributed by atoms with Crippen molar-refractivity contribution in [3.8, 4) is 11.5 Å². The molecule has 1 aliphatic carbocycles. The van der Waals surface area contributed by atoms with E-state index in [2.05, 4.69) is 33.4 Å². The van der Waals surface area contributed by atoms with Crippen molar-refractivity contribution in [3.63, 3.8) is 0 Å². The number of allylic oxidation sites excluding steroid dienone is 2. The Morgan fingerprint density at radius 3 is 2.74 bits per heavy atom. The van der Waals surface area contributed by atoms with Gasteiger partial charge in [-0.1, -0.05) is 40.2 Å². The van der Waals surface area contributed by atoms with Gasteiger partial charge in [0.05, 0.1) is 31.5 Å². The van der Waals surface area contributed by atoms with Crippen molar-refractivity contribution in [1.82, 2.24) is 0 Å². The zero-order chi connectivity index (χ0) is 19.1. The summed E-state index contributed by atoms with van der Waals surface area (Å²) in [4.78, 5) is 11.9. The van der Waals surface area contributed by atoms with E-state index in [0.717, 1.165) is 22.0 Å². The van der Waals surface area contributed by atoms with Gasteiger partial charge in [0.15, 0.2) is 11.5 Å². The average Bonchev–Trinajstić information content (AvgIpc) is 3.16. The number of ether oxygens (including phenoxy) is 2. The zero-order valence-electron chi connectivity index (χ0n) is 15.0. The number of fused-ring (bicyclic) bond motifs is 3. The molecule has 2 N–H and O–H groups in total. The van der Waals surface area contributed by atoms with Gasteiger partial charge >= 0.3 is 5.97 Å². The number of methoxy groups -OCH3 is 2. The molecule has 5 nitrogen and oxygen atoms in total. The first kappa shape index (κ1) is 17.9. The summed E-state index contributed by atoms with van der Waals surface area (Å²) in [5.74, 6) is 0.823. The highest BCUT2D eigenvalue weighted by Crippen LogP contribution is 2.53. The molecule has 2 aromatic rings. The van der Waals surface area contributed by atoms with Crippen molar-refractivity contribution in [3.05, 3.63) is 63.6 Å². The van der Waals surface area contributed by atoms with Crippen LogP contribution in [0.2, 0.25) is 0 Å². The van der Waals surface area contributed by atoms with E-state index in [4.69, 9.17) is 9.47 Å². The maximum absolute atomic E-state index is 11.9. The summed E-state index contributed by atoms with van der Waals surface area (Å²) >= 11 is 3.46. The van der Waals surface area contributed by atoms with Crippen LogP contribution in [0.5, 0.6) is 11.5 Å². The smallest absolute Gasteiger partial charge is 0.337 e. The van der Waals surface area contributed by atoms with Gasteiger partial charge in [-0.15, -0.1) is 0 Å². The van der Waals surface area contributed by atoms with Crippen molar-refractivity contribution >= 4 is 27.6 Å². The van der Waals surface area contributed by atoms with E-state index in [9.17, 15) is 9.90 Å². The average molecular weight is 430 g/mol. The highest BCUT2D eigenvalue weighted by atomic mass is 79.9. The summed E-state index contributed by atoms with van der Waals surface area (Å²) in [6.45, 7) is 0. The first-order valence-corrected chi connectivity index (χ1v) is 9.55. The lowest BCUT2D eigenvalue weighted by molar-refractivity contribution is 0.0697. The Kier molecular flexibility index (Phi) is 4.60. The molecule has 0 bridgehead atoms. The summed E-state index contributed by atoms with van der Waals surface area (Å²) < 4.78 is 11.9. The lowest BCUT2D eigenvalue weighted by Gasteiger charge is -2.38. The molecule has 0 fully saturated rings. The number of hydrogen-bond donors (Lipinski definition) is 2. The van der Waals surface area contributed by atoms with E-state index in [-0.39, 0.29) is 23.4 Å². The number of carbonyl (C=O) groups is 1. The van der Waals surface area contributed by atoms with Crippen molar-refractivity contribution in [1.29, 1.82) is 0 Å². The predicted molar refractivity (Wildman–Crippen MR) is 107 cm³/mol. The Morgan fingerprint density at radius 1 is 1.22 bits per heavy atom. The molecule has 6 heteroatoms. The minimum absolute atomic E-state index is 0.0816. The third-order valence-corrected chi connectivity index (χ3v) is 5.89. The number of carboxylic acid groups (broad SMARTS) is 1. The second-order valence-corrected chi connectivity index (χ2v) is 7.70. The van der Waals surface area contributed by atoms with Crippen LogP contribution in [0.25, 0.3) is 0 Å². The molecular weight excluding hydrogens is 410 g/mol. The molecule has 27 heavy (non-hydrogen) atoms. The maximum Gasteiger partial charge on any atom is 0.337 e. The quantitative estimate of drug-likeness (QED) is 0.669. The number of anilines is 1. The normalized spacial score (nSPS) is 22.6. The molecule has 0 saturated heterocycles. The monoisotopic (exact) mass is 429 g/mol. The maximum atomic E-state index is 11.9. The zero-order valence-corrected chi connectivity index (χ0v) is 16.6. The molecule has 4 rings (SSSR count). The van der Waals surface area contributed by atoms with E-state index < -0.39 is 5.97 Å². The van der Waals surface area contributed by atoms with Crippen LogP contribution in [0.15, 0.2) is 47.0 Å². The minimum Gasteiger partial charge on any atom is -0.493 e. The molecule has 0 aromatic heterocycles. The fraction of sp³-hybridized carbons (Fsp3) is 0.286. The number of benzene rings is 2. The Bertz CT molecular complexity index is 940. The van der Waals surface area contributed by atoms with Crippen LogP contribution in [0.1, 0.15) is 39.9 Å². The predicted octanol–water partition coefficient (Wildman–Crippen LogP) is 4.99. The SMILES string of the molecule is COc1cccc([C@@H]2Nc3c(C(=O)O)cc(Br)cc3[C@@H]3C=CC[C@@H]32)c1OC. The largest absolute Gasteiger partial charge is 0.493 e. The van der Waals surface area contributed by atoms with E-state index in [1.54, 1.807) is 20.3 Å². The standard InChI is InChI=1S/C21H20BrNO4/c1-26-17-8-4-7-14(20(17)27-2)18-13-6-3-5-12(13)15-9-11(22)10-16(21(24)25)19(15)23-18/h3-5,7-10,12-13,18,23H,6H2,1-2H3,(H,24,25)/t12-,13+,18-/m1/s1. The number of para-hydroxylation sites is 1. The molecule has 0 saturated carbocycles. The number of aromatic carboxylic acids is 1. The van der Waals surface area contributed by atoms with Crippen LogP contribution in [0.3, 0.4) is 0 Å². The first-order valence-electron chi connectivity index (χ1n) is 8.76. The van der Waals surface area contributed by atoms with Gasteiger partial charge in [-0.2, -0.15) is 0 Å². The molecule has 0 radical (unpaired) electrons. The Balaban J connectivity index is 1.89. The number of halogens is 1. The fourth-order valence-electron chi connectivity index (χ4n) is 4.30. The Labute approximate surface area is 166 Å². The molecule has 140 valence electrons. The third kappa shape index (κ3) is 2.88. The molecule has 1 aliphatic heterocycles. The Hall–Kier alpha value is -2.47. The fourth-order valence-corrected chi connectivity index (χ4v) is 4.77. The summed E-state index contributed by atoms with van der Waals surface area (Å²) in [5.41, 5.74) is 2.93. The van der Waals surface area contributed by atoms with Crippen molar-refractivity contribution in [2.45, 2.75) is 18.4 Å². The molecule has 3 atom stereocenters. The molecule has 0 amide bonds. The molecule has 2 aromatic carbocycles. The Morgan fingerprint density at radius 2 is 2.04 bits per heavy atom. The molecule has 0 unspecified atom stereocenters. The lowest BCUT2D eigenvalue weighted by atomic mass is 9.76. The van der Waals surface area contributed by atoms with Crippen LogP contribution in [0, 0.1) is 5.92 Å². The van der Waals surface area contributed by atoms with E-state index in [1.807, 2.05) is 24.3 Å². The van der Waals surface area contributed by atoms with Gasteiger partial charge in [0.25, 0.3) is 0 Å². The molecule has 0 spiro atoms. The summed E-state index contributed by atoms with van der Waals surface area (Å²) in [5, 5.41) is 13.2. The van der Waals surface area contributed by atoms with Gasteiger partial charge in [-0.05, 0) is 36.1 Å². The van der Waals surface area contributed by atoms with E-state index >= 15 is 0 Å². The van der Waals surface area contributed by atoms with Crippen molar-refractivity contribution < 1.29 is 19.4 Å². The lowest BCUT2D eigenvalue weighted by Crippen LogP contribution is -2.30. The number of carboxylic acids is 1. The third-order valence-electron chi connectivity index (χ3n) is 5.43. The number of rotatable bonds is 4. The van der Waals surface area contributed by atoms with Crippen LogP contribution in [-0.4, -0.2) is 25.3 Å². The topological polar surface area (TPSA) is 67.8 Å². The van der Waals surface area contributed by atoms with Gasteiger partial charge in [0.1, 0.15) is 0 Å². The first-order chi connectivity index (χ1) is 13.0. The summed E-state index contributed by atoms with van der Waals surface area (Å²) in [6.07, 6.45) is 5.27. The summed E-state index contributed by atoms with van der Waals surface area (Å²) in [7, 11) is 3.24. The van der Waals surface area contributed by atoms with Gasteiger partial charge in [-0.25, -0.2) is 4.79 Å². The highest BCUT2D eigenvalue weighted by molar-refractivity contribution is 9.10. The van der Waals surface area contributed by atoms with Crippen molar-refractivity contribution in [2.24, 2.45) is 5.92 Å². The second kappa shape index (κ2) is 6.93. The molecular formula is C21H20BrNO4. The minimum atomic E-state index is -0.947. The number of hydrogen-bond acceptors (Lipinski definition) is 4. The van der Waals surface area contributed by atoms with Gasteiger partial charge in [0, 0.05) is 16.0 Å². The van der Waals surface area contributed by atoms with Crippen LogP contribution < -0.4 is 14.8 Å². The van der Waals surface area contributed by atoms with Crippen LogP contribution in [-0.2, 0) is 0 Å². The van der Waals surface area contributed by atoms with Gasteiger partial charge < -0.3 is 19.9 Å². The highest BCUT2D eigenvalue weighted by Gasteiger charge is 2.41. The molecule has 1 heterocycles. The second-order valence-electron chi connectivity index (χ2n) is 6.78. The van der Waals surface area contributed by atoms with E-state index in [0.29, 0.717) is 17.2 Å². The molecule has 2 aliphatic rings. The summed E-state index contributed by atoms with van der Waals surface area (Å²) in [6, 6.07) is 9.39. The van der Waals surface area contributed by atoms with Crippen LogP contribution in [0.4, 0.5) is 5.69 Å². The van der Waals surface area contributed by atoms with Gasteiger partial charge in [0.2, 0.25) is 0 Å². The van der Waals surface area contributed by atoms with E-state index in [1.165, 1.54) is 0 Å². The number of nitrogens with one attached hydrogen (secondary N) is 1.